The van der Waals surface area contributed by atoms with Crippen LogP contribution in [0.25, 0.3) is 0 Å². The number of rotatable bonds is 5. The molecule has 0 spiro atoms. The SMILES string of the molecule is CCOc1ccc(Br)cc1C(NC)c1cncc(Br)c1. The van der Waals surface area contributed by atoms with Crippen molar-refractivity contribution in [1.82, 2.24) is 10.3 Å². The molecule has 2 aromatic rings. The van der Waals surface area contributed by atoms with Crippen LogP contribution >= 0.6 is 31.9 Å². The van der Waals surface area contributed by atoms with Crippen molar-refractivity contribution in [3.8, 4) is 5.75 Å². The number of ether oxygens (including phenoxy) is 1. The van der Waals surface area contributed by atoms with E-state index in [0.29, 0.717) is 6.61 Å². The molecule has 1 atom stereocenters. The van der Waals surface area contributed by atoms with Crippen molar-refractivity contribution < 1.29 is 4.74 Å². The zero-order chi connectivity index (χ0) is 14.5. The molecule has 1 aromatic heterocycles. The molecular weight excluding hydrogens is 384 g/mol. The van der Waals surface area contributed by atoms with Gasteiger partial charge < -0.3 is 10.1 Å². The minimum atomic E-state index is 0.0269. The summed E-state index contributed by atoms with van der Waals surface area (Å²) in [6, 6.07) is 8.13. The van der Waals surface area contributed by atoms with Crippen LogP contribution in [-0.2, 0) is 0 Å². The van der Waals surface area contributed by atoms with E-state index < -0.39 is 0 Å². The van der Waals surface area contributed by atoms with Gasteiger partial charge in [0.25, 0.3) is 0 Å². The third kappa shape index (κ3) is 3.59. The fourth-order valence-corrected chi connectivity index (χ4v) is 2.88. The first-order valence-corrected chi connectivity index (χ1v) is 7.94. The van der Waals surface area contributed by atoms with E-state index in [1.807, 2.05) is 32.3 Å². The molecule has 0 fully saturated rings. The number of nitrogens with one attached hydrogen (secondary N) is 1. The predicted molar refractivity (Wildman–Crippen MR) is 88.2 cm³/mol. The van der Waals surface area contributed by atoms with E-state index in [-0.39, 0.29) is 6.04 Å². The molecule has 0 radical (unpaired) electrons. The summed E-state index contributed by atoms with van der Waals surface area (Å²) in [6.45, 7) is 2.63. The number of hydrogen-bond acceptors (Lipinski definition) is 3. The fraction of sp³-hybridized carbons (Fsp3) is 0.267. The third-order valence-electron chi connectivity index (χ3n) is 2.93. The number of benzene rings is 1. The third-order valence-corrected chi connectivity index (χ3v) is 3.86. The summed E-state index contributed by atoms with van der Waals surface area (Å²) in [5, 5.41) is 3.33. The Bertz CT molecular complexity index is 590. The summed E-state index contributed by atoms with van der Waals surface area (Å²) < 4.78 is 7.72. The number of aromatic nitrogens is 1. The standard InChI is InChI=1S/C15H16Br2N2O/c1-3-20-14-5-4-11(16)7-13(14)15(18-2)10-6-12(17)9-19-8-10/h4-9,15,18H,3H2,1-2H3. The van der Waals surface area contributed by atoms with Crippen LogP contribution in [0.5, 0.6) is 5.75 Å². The molecular formula is C15H16Br2N2O. The van der Waals surface area contributed by atoms with Gasteiger partial charge in [0.1, 0.15) is 5.75 Å². The van der Waals surface area contributed by atoms with Gasteiger partial charge in [-0.3, -0.25) is 4.98 Å². The number of pyridine rings is 1. The summed E-state index contributed by atoms with van der Waals surface area (Å²) in [5.41, 5.74) is 2.17. The Morgan fingerprint density at radius 1 is 1.20 bits per heavy atom. The summed E-state index contributed by atoms with van der Waals surface area (Å²) in [5.74, 6) is 0.884. The lowest BCUT2D eigenvalue weighted by molar-refractivity contribution is 0.334. The van der Waals surface area contributed by atoms with Crippen molar-refractivity contribution in [2.45, 2.75) is 13.0 Å². The van der Waals surface area contributed by atoms with E-state index in [1.54, 1.807) is 6.20 Å². The van der Waals surface area contributed by atoms with Gasteiger partial charge in [-0.05, 0) is 59.7 Å². The highest BCUT2D eigenvalue weighted by Gasteiger charge is 2.18. The summed E-state index contributed by atoms with van der Waals surface area (Å²) >= 11 is 6.99. The quantitative estimate of drug-likeness (QED) is 0.813. The molecule has 5 heteroatoms. The molecule has 2 rings (SSSR count). The molecule has 1 aromatic carbocycles. The molecule has 1 heterocycles. The smallest absolute Gasteiger partial charge is 0.124 e. The second-order valence-electron chi connectivity index (χ2n) is 4.27. The Hall–Kier alpha value is -0.910. The maximum Gasteiger partial charge on any atom is 0.124 e. The predicted octanol–water partition coefficient (Wildman–Crippen LogP) is 4.31. The van der Waals surface area contributed by atoms with Crippen LogP contribution in [0.3, 0.4) is 0 Å². The first kappa shape index (κ1) is 15.5. The lowest BCUT2D eigenvalue weighted by Gasteiger charge is -2.20. The zero-order valence-electron chi connectivity index (χ0n) is 11.4. The fourth-order valence-electron chi connectivity index (χ4n) is 2.12. The molecule has 106 valence electrons. The molecule has 0 bridgehead atoms. The molecule has 0 saturated carbocycles. The van der Waals surface area contributed by atoms with E-state index in [9.17, 15) is 0 Å². The highest BCUT2D eigenvalue weighted by molar-refractivity contribution is 9.10. The van der Waals surface area contributed by atoms with E-state index >= 15 is 0 Å². The van der Waals surface area contributed by atoms with Gasteiger partial charge in [0, 0.05) is 26.9 Å². The molecule has 1 N–H and O–H groups in total. The van der Waals surface area contributed by atoms with Crippen molar-refractivity contribution >= 4 is 31.9 Å². The van der Waals surface area contributed by atoms with Crippen LogP contribution in [0, 0.1) is 0 Å². The second kappa shape index (κ2) is 7.20. The van der Waals surface area contributed by atoms with E-state index in [1.165, 1.54) is 0 Å². The van der Waals surface area contributed by atoms with Crippen LogP contribution in [-0.4, -0.2) is 18.6 Å². The Morgan fingerprint density at radius 2 is 2.00 bits per heavy atom. The van der Waals surface area contributed by atoms with Crippen molar-refractivity contribution in [3.05, 3.63) is 56.7 Å². The number of halogens is 2. The maximum atomic E-state index is 5.73. The Kier molecular flexibility index (Phi) is 5.57. The van der Waals surface area contributed by atoms with Gasteiger partial charge in [0.05, 0.1) is 12.6 Å². The van der Waals surface area contributed by atoms with Crippen LogP contribution in [0.1, 0.15) is 24.1 Å². The Labute approximate surface area is 136 Å². The number of nitrogens with zero attached hydrogens (tertiary/aromatic N) is 1. The monoisotopic (exact) mass is 398 g/mol. The summed E-state index contributed by atoms with van der Waals surface area (Å²) in [6.07, 6.45) is 3.64. The molecule has 0 aliphatic heterocycles. The number of hydrogen-bond donors (Lipinski definition) is 1. The highest BCUT2D eigenvalue weighted by atomic mass is 79.9. The van der Waals surface area contributed by atoms with Crippen molar-refractivity contribution in [2.24, 2.45) is 0 Å². The van der Waals surface area contributed by atoms with Gasteiger partial charge >= 0.3 is 0 Å². The molecule has 0 aliphatic rings. The minimum absolute atomic E-state index is 0.0269. The summed E-state index contributed by atoms with van der Waals surface area (Å²) in [7, 11) is 1.93. The largest absolute Gasteiger partial charge is 0.494 e. The van der Waals surface area contributed by atoms with Crippen LogP contribution < -0.4 is 10.1 Å². The lowest BCUT2D eigenvalue weighted by atomic mass is 9.99. The first-order chi connectivity index (χ1) is 9.65. The van der Waals surface area contributed by atoms with Gasteiger partial charge in [0.15, 0.2) is 0 Å². The van der Waals surface area contributed by atoms with E-state index in [2.05, 4.69) is 54.3 Å². The average Bonchev–Trinajstić information content (AvgIpc) is 2.43. The van der Waals surface area contributed by atoms with Crippen molar-refractivity contribution in [3.63, 3.8) is 0 Å². The van der Waals surface area contributed by atoms with Crippen LogP contribution in [0.2, 0.25) is 0 Å². The molecule has 1 unspecified atom stereocenters. The normalized spacial score (nSPS) is 12.2. The minimum Gasteiger partial charge on any atom is -0.494 e. The van der Waals surface area contributed by atoms with Gasteiger partial charge in [-0.25, -0.2) is 0 Å². The lowest BCUT2D eigenvalue weighted by Crippen LogP contribution is -2.19. The van der Waals surface area contributed by atoms with Crippen molar-refractivity contribution in [2.75, 3.05) is 13.7 Å². The maximum absolute atomic E-state index is 5.73. The average molecular weight is 400 g/mol. The summed E-state index contributed by atoms with van der Waals surface area (Å²) in [4.78, 5) is 4.24. The first-order valence-electron chi connectivity index (χ1n) is 6.35. The second-order valence-corrected chi connectivity index (χ2v) is 6.10. The van der Waals surface area contributed by atoms with E-state index in [4.69, 9.17) is 4.74 Å². The van der Waals surface area contributed by atoms with Crippen LogP contribution in [0.4, 0.5) is 0 Å². The molecule has 20 heavy (non-hydrogen) atoms. The molecule has 3 nitrogen and oxygen atoms in total. The van der Waals surface area contributed by atoms with Crippen LogP contribution in [0.15, 0.2) is 45.6 Å². The zero-order valence-corrected chi connectivity index (χ0v) is 14.5. The molecule has 0 amide bonds. The molecule has 0 saturated heterocycles. The van der Waals surface area contributed by atoms with Gasteiger partial charge in [-0.1, -0.05) is 15.9 Å². The highest BCUT2D eigenvalue weighted by Crippen LogP contribution is 2.33. The van der Waals surface area contributed by atoms with Crippen molar-refractivity contribution in [1.29, 1.82) is 0 Å². The van der Waals surface area contributed by atoms with Gasteiger partial charge in [-0.2, -0.15) is 0 Å². The Morgan fingerprint density at radius 3 is 2.65 bits per heavy atom. The molecule has 0 aliphatic carbocycles. The van der Waals surface area contributed by atoms with Gasteiger partial charge in [0.2, 0.25) is 0 Å². The Balaban J connectivity index is 2.48. The topological polar surface area (TPSA) is 34.1 Å². The van der Waals surface area contributed by atoms with Gasteiger partial charge in [-0.15, -0.1) is 0 Å². The van der Waals surface area contributed by atoms with E-state index in [0.717, 1.165) is 25.8 Å².